The summed E-state index contributed by atoms with van der Waals surface area (Å²) in [6.45, 7) is 2.10. The molecule has 23 heavy (non-hydrogen) atoms. The summed E-state index contributed by atoms with van der Waals surface area (Å²) in [7, 11) is 0. The Morgan fingerprint density at radius 3 is 2.96 bits per heavy atom. The topological polar surface area (TPSA) is 65.5 Å². The highest BCUT2D eigenvalue weighted by molar-refractivity contribution is 5.79. The molecule has 8 heteroatoms. The summed E-state index contributed by atoms with van der Waals surface area (Å²) in [5.74, 6) is -0.797. The van der Waals surface area contributed by atoms with Gasteiger partial charge in [-0.2, -0.15) is 13.2 Å². The number of anilines is 1. The van der Waals surface area contributed by atoms with E-state index in [2.05, 4.69) is 10.3 Å². The van der Waals surface area contributed by atoms with Crippen LogP contribution in [0, 0.1) is 5.92 Å². The summed E-state index contributed by atoms with van der Waals surface area (Å²) in [6.07, 6.45) is -1.94. The van der Waals surface area contributed by atoms with E-state index in [0.29, 0.717) is 19.4 Å². The molecule has 0 radical (unpaired) electrons. The zero-order valence-electron chi connectivity index (χ0n) is 12.8. The molecule has 1 aliphatic heterocycles. The number of rotatable bonds is 4. The fraction of sp³-hybridized carbons (Fsp3) is 0.600. The lowest BCUT2D eigenvalue weighted by molar-refractivity contribution is -0.137. The third kappa shape index (κ3) is 4.34. The number of aromatic nitrogens is 1. The maximum Gasteiger partial charge on any atom is 0.419 e. The molecule has 2 heterocycles. The Hall–Kier alpha value is -1.83. The fourth-order valence-electron chi connectivity index (χ4n) is 2.66. The number of amides is 1. The minimum atomic E-state index is -4.48. The Bertz CT molecular complexity index is 551. The number of carbonyl (C=O) groups excluding carboxylic acids is 1. The van der Waals surface area contributed by atoms with Crippen LogP contribution < -0.4 is 10.2 Å². The molecule has 1 amide bonds. The van der Waals surface area contributed by atoms with Gasteiger partial charge in [0.05, 0.1) is 18.1 Å². The monoisotopic (exact) mass is 331 g/mol. The van der Waals surface area contributed by atoms with Crippen molar-refractivity contribution >= 4 is 11.7 Å². The second kappa shape index (κ2) is 7.16. The number of hydrogen-bond acceptors (Lipinski definition) is 4. The number of aliphatic hydroxyl groups excluding tert-OH is 1. The van der Waals surface area contributed by atoms with Crippen LogP contribution in [0.15, 0.2) is 18.3 Å². The van der Waals surface area contributed by atoms with E-state index >= 15 is 0 Å². The standard InChI is InChI=1S/C15H20F3N3O2/c1-10(9-22)20-14(23)11-4-3-7-21(8-11)13-12(15(16,17)18)5-2-6-19-13/h2,5-6,10-11,22H,3-4,7-9H2,1H3,(H,20,23). The molecule has 0 spiro atoms. The SMILES string of the molecule is CC(CO)NC(=O)C1CCCN(c2ncccc2C(F)(F)F)C1. The van der Waals surface area contributed by atoms with Gasteiger partial charge in [0.25, 0.3) is 0 Å². The quantitative estimate of drug-likeness (QED) is 0.883. The molecule has 1 aliphatic rings. The Balaban J connectivity index is 2.15. The number of pyridine rings is 1. The summed E-state index contributed by atoms with van der Waals surface area (Å²) in [5, 5.41) is 11.6. The third-order valence-electron chi connectivity index (χ3n) is 3.85. The Labute approximate surface area is 132 Å². The lowest BCUT2D eigenvalue weighted by atomic mass is 9.96. The first-order chi connectivity index (χ1) is 10.8. The van der Waals surface area contributed by atoms with Gasteiger partial charge in [0.15, 0.2) is 0 Å². The van der Waals surface area contributed by atoms with Gasteiger partial charge in [0.1, 0.15) is 5.82 Å². The van der Waals surface area contributed by atoms with Crippen molar-refractivity contribution in [2.24, 2.45) is 5.92 Å². The lowest BCUT2D eigenvalue weighted by Gasteiger charge is -2.34. The Morgan fingerprint density at radius 2 is 2.30 bits per heavy atom. The molecule has 0 aromatic carbocycles. The number of nitrogens with one attached hydrogen (secondary N) is 1. The zero-order chi connectivity index (χ0) is 17.0. The molecule has 2 unspecified atom stereocenters. The van der Waals surface area contributed by atoms with Crippen molar-refractivity contribution in [3.05, 3.63) is 23.9 Å². The number of piperidine rings is 1. The molecular formula is C15H20F3N3O2. The highest BCUT2D eigenvalue weighted by Gasteiger charge is 2.37. The van der Waals surface area contributed by atoms with Gasteiger partial charge >= 0.3 is 6.18 Å². The van der Waals surface area contributed by atoms with E-state index in [4.69, 9.17) is 5.11 Å². The molecule has 1 saturated heterocycles. The maximum absolute atomic E-state index is 13.1. The first-order valence-corrected chi connectivity index (χ1v) is 7.51. The van der Waals surface area contributed by atoms with Gasteiger partial charge in [-0.3, -0.25) is 4.79 Å². The van der Waals surface area contributed by atoms with E-state index < -0.39 is 17.7 Å². The summed E-state index contributed by atoms with van der Waals surface area (Å²) in [6, 6.07) is 1.88. The summed E-state index contributed by atoms with van der Waals surface area (Å²) >= 11 is 0. The minimum Gasteiger partial charge on any atom is -0.394 e. The molecule has 1 fully saturated rings. The molecule has 0 bridgehead atoms. The van der Waals surface area contributed by atoms with E-state index in [0.717, 1.165) is 6.07 Å². The van der Waals surface area contributed by atoms with Crippen molar-refractivity contribution in [1.82, 2.24) is 10.3 Å². The van der Waals surface area contributed by atoms with E-state index in [-0.39, 0.29) is 30.9 Å². The number of carbonyl (C=O) groups is 1. The maximum atomic E-state index is 13.1. The summed E-state index contributed by atoms with van der Waals surface area (Å²) < 4.78 is 39.3. The summed E-state index contributed by atoms with van der Waals surface area (Å²) in [5.41, 5.74) is -0.787. The number of hydrogen-bond donors (Lipinski definition) is 2. The predicted octanol–water partition coefficient (Wildman–Crippen LogP) is 1.81. The van der Waals surface area contributed by atoms with Crippen LogP contribution in [0.2, 0.25) is 0 Å². The predicted molar refractivity (Wildman–Crippen MR) is 78.9 cm³/mol. The number of alkyl halides is 3. The minimum absolute atomic E-state index is 0.132. The largest absolute Gasteiger partial charge is 0.419 e. The van der Waals surface area contributed by atoms with Crippen molar-refractivity contribution in [3.63, 3.8) is 0 Å². The molecule has 0 aliphatic carbocycles. The van der Waals surface area contributed by atoms with Crippen LogP contribution in [0.5, 0.6) is 0 Å². The molecule has 1 aromatic rings. The van der Waals surface area contributed by atoms with Gasteiger partial charge < -0.3 is 15.3 Å². The van der Waals surface area contributed by atoms with Crippen molar-refractivity contribution in [1.29, 1.82) is 0 Å². The second-order valence-corrected chi connectivity index (χ2v) is 5.75. The van der Waals surface area contributed by atoms with Gasteiger partial charge in [-0.1, -0.05) is 0 Å². The van der Waals surface area contributed by atoms with Crippen LogP contribution in [0.25, 0.3) is 0 Å². The van der Waals surface area contributed by atoms with Crippen LogP contribution in [0.3, 0.4) is 0 Å². The van der Waals surface area contributed by atoms with Crippen molar-refractivity contribution in [3.8, 4) is 0 Å². The summed E-state index contributed by atoms with van der Waals surface area (Å²) in [4.78, 5) is 17.5. The third-order valence-corrected chi connectivity index (χ3v) is 3.85. The number of nitrogens with zero attached hydrogens (tertiary/aromatic N) is 2. The highest BCUT2D eigenvalue weighted by Crippen LogP contribution is 2.36. The van der Waals surface area contributed by atoms with Gasteiger partial charge in [-0.25, -0.2) is 4.98 Å². The zero-order valence-corrected chi connectivity index (χ0v) is 12.8. The van der Waals surface area contributed by atoms with E-state index in [1.807, 2.05) is 0 Å². The average Bonchev–Trinajstić information content (AvgIpc) is 2.54. The van der Waals surface area contributed by atoms with Gasteiger partial charge in [0, 0.05) is 25.3 Å². The number of halogens is 3. The van der Waals surface area contributed by atoms with Gasteiger partial charge in [-0.05, 0) is 31.9 Å². The normalized spacial score (nSPS) is 20.2. The second-order valence-electron chi connectivity index (χ2n) is 5.75. The molecule has 0 saturated carbocycles. The highest BCUT2D eigenvalue weighted by atomic mass is 19.4. The van der Waals surface area contributed by atoms with Gasteiger partial charge in [0.2, 0.25) is 5.91 Å². The Morgan fingerprint density at radius 1 is 1.57 bits per heavy atom. The lowest BCUT2D eigenvalue weighted by Crippen LogP contribution is -2.46. The van der Waals surface area contributed by atoms with E-state index in [1.165, 1.54) is 17.2 Å². The number of aliphatic hydroxyl groups is 1. The Kier molecular flexibility index (Phi) is 5.46. The van der Waals surface area contributed by atoms with Crippen molar-refractivity contribution < 1.29 is 23.1 Å². The van der Waals surface area contributed by atoms with Crippen LogP contribution >= 0.6 is 0 Å². The van der Waals surface area contributed by atoms with E-state index in [1.54, 1.807) is 6.92 Å². The fourth-order valence-corrected chi connectivity index (χ4v) is 2.66. The van der Waals surface area contributed by atoms with Crippen LogP contribution in [0.4, 0.5) is 19.0 Å². The van der Waals surface area contributed by atoms with Crippen LogP contribution in [-0.2, 0) is 11.0 Å². The first-order valence-electron chi connectivity index (χ1n) is 7.51. The molecule has 1 aromatic heterocycles. The molecule has 2 N–H and O–H groups in total. The van der Waals surface area contributed by atoms with Gasteiger partial charge in [-0.15, -0.1) is 0 Å². The molecule has 128 valence electrons. The average molecular weight is 331 g/mol. The molecular weight excluding hydrogens is 311 g/mol. The van der Waals surface area contributed by atoms with Crippen LogP contribution in [-0.4, -0.2) is 41.7 Å². The molecule has 5 nitrogen and oxygen atoms in total. The molecule has 2 rings (SSSR count). The van der Waals surface area contributed by atoms with Crippen LogP contribution in [0.1, 0.15) is 25.3 Å². The van der Waals surface area contributed by atoms with E-state index in [9.17, 15) is 18.0 Å². The van der Waals surface area contributed by atoms with Crippen molar-refractivity contribution in [2.45, 2.75) is 32.0 Å². The smallest absolute Gasteiger partial charge is 0.394 e. The molecule has 2 atom stereocenters. The first kappa shape index (κ1) is 17.5. The van der Waals surface area contributed by atoms with Crippen molar-refractivity contribution in [2.75, 3.05) is 24.6 Å².